The molecule has 128 valence electrons. The molecule has 0 aliphatic rings. The normalized spacial score (nSPS) is 10.5. The number of rotatable bonds is 7. The third kappa shape index (κ3) is 4.89. The molecule has 0 aliphatic carbocycles. The lowest BCUT2D eigenvalue weighted by Gasteiger charge is -2.09. The lowest BCUT2D eigenvalue weighted by Crippen LogP contribution is -2.03. The van der Waals surface area contributed by atoms with E-state index in [0.29, 0.717) is 23.8 Å². The Hall–Kier alpha value is -2.70. The molecule has 0 spiro atoms. The van der Waals surface area contributed by atoms with Crippen LogP contribution in [0.4, 0.5) is 17.2 Å². The van der Waals surface area contributed by atoms with Crippen molar-refractivity contribution < 1.29 is 5.11 Å². The van der Waals surface area contributed by atoms with E-state index >= 15 is 0 Å². The van der Waals surface area contributed by atoms with E-state index in [4.69, 9.17) is 16.7 Å². The first-order chi connectivity index (χ1) is 12.2. The number of hydrogen-bond donors (Lipinski definition) is 3. The lowest BCUT2D eigenvalue weighted by atomic mass is 10.2. The molecule has 0 amide bonds. The molecule has 0 bridgehead atoms. The van der Waals surface area contributed by atoms with Crippen LogP contribution in [0.5, 0.6) is 0 Å². The van der Waals surface area contributed by atoms with Gasteiger partial charge in [-0.2, -0.15) is 0 Å². The minimum Gasteiger partial charge on any atom is -0.396 e. The van der Waals surface area contributed by atoms with Gasteiger partial charge in [0.15, 0.2) is 0 Å². The number of nitrogens with zero attached hydrogens (tertiary/aromatic N) is 3. The fraction of sp³-hybridized carbons (Fsp3) is 0.167. The maximum absolute atomic E-state index is 8.86. The molecule has 0 fully saturated rings. The average molecular weight is 356 g/mol. The summed E-state index contributed by atoms with van der Waals surface area (Å²) < 4.78 is 0. The van der Waals surface area contributed by atoms with Crippen molar-refractivity contribution in [2.24, 2.45) is 0 Å². The predicted molar refractivity (Wildman–Crippen MR) is 100 cm³/mol. The number of aromatic nitrogens is 3. The summed E-state index contributed by atoms with van der Waals surface area (Å²) in [4.78, 5) is 12.8. The highest BCUT2D eigenvalue weighted by molar-refractivity contribution is 6.30. The summed E-state index contributed by atoms with van der Waals surface area (Å²) in [6, 6.07) is 11.3. The number of benzene rings is 1. The lowest BCUT2D eigenvalue weighted by molar-refractivity contribution is 0.292. The van der Waals surface area contributed by atoms with Crippen molar-refractivity contribution in [2.45, 2.75) is 6.42 Å². The van der Waals surface area contributed by atoms with E-state index < -0.39 is 0 Å². The summed E-state index contributed by atoms with van der Waals surface area (Å²) in [5, 5.41) is 15.9. The van der Waals surface area contributed by atoms with Crippen LogP contribution in [0.3, 0.4) is 0 Å². The van der Waals surface area contributed by atoms with E-state index in [1.165, 1.54) is 6.33 Å². The van der Waals surface area contributed by atoms with Gasteiger partial charge < -0.3 is 15.7 Å². The summed E-state index contributed by atoms with van der Waals surface area (Å²) in [5.74, 6) is 0.672. The molecule has 1 aromatic carbocycles. The number of anilines is 3. The summed E-state index contributed by atoms with van der Waals surface area (Å²) in [6.45, 7) is 0.845. The van der Waals surface area contributed by atoms with Crippen LogP contribution in [0, 0.1) is 0 Å². The molecule has 0 aliphatic heterocycles. The SMILES string of the molecule is OCCCNc1cncc(-c2cc(Nc3cccc(Cl)c3)ncn2)c1. The van der Waals surface area contributed by atoms with Crippen LogP contribution in [-0.2, 0) is 0 Å². The molecule has 6 nitrogen and oxygen atoms in total. The first kappa shape index (κ1) is 17.1. The van der Waals surface area contributed by atoms with Crippen LogP contribution in [0.1, 0.15) is 6.42 Å². The Morgan fingerprint density at radius 1 is 1.04 bits per heavy atom. The van der Waals surface area contributed by atoms with Crippen molar-refractivity contribution in [1.82, 2.24) is 15.0 Å². The van der Waals surface area contributed by atoms with Gasteiger partial charge in [-0.25, -0.2) is 9.97 Å². The second-order valence-corrected chi connectivity index (χ2v) is 5.83. The fourth-order valence-corrected chi connectivity index (χ4v) is 2.48. The number of aliphatic hydroxyl groups is 1. The van der Waals surface area contributed by atoms with Gasteiger partial charge in [0.05, 0.1) is 11.4 Å². The molecular weight excluding hydrogens is 338 g/mol. The van der Waals surface area contributed by atoms with E-state index in [0.717, 1.165) is 22.6 Å². The van der Waals surface area contributed by atoms with E-state index in [-0.39, 0.29) is 6.61 Å². The number of hydrogen-bond acceptors (Lipinski definition) is 6. The molecule has 2 aromatic heterocycles. The van der Waals surface area contributed by atoms with Crippen LogP contribution >= 0.6 is 11.6 Å². The van der Waals surface area contributed by atoms with Gasteiger partial charge in [0.1, 0.15) is 12.1 Å². The number of aliphatic hydroxyl groups excluding tert-OH is 1. The third-order valence-corrected chi connectivity index (χ3v) is 3.70. The van der Waals surface area contributed by atoms with Crippen molar-refractivity contribution in [3.8, 4) is 11.3 Å². The molecule has 3 N–H and O–H groups in total. The smallest absolute Gasteiger partial charge is 0.134 e. The zero-order chi connectivity index (χ0) is 17.5. The van der Waals surface area contributed by atoms with E-state index in [2.05, 4.69) is 25.6 Å². The molecule has 0 saturated heterocycles. The van der Waals surface area contributed by atoms with E-state index in [1.54, 1.807) is 12.4 Å². The predicted octanol–water partition coefficient (Wildman–Crippen LogP) is 3.73. The molecular formula is C18H18ClN5O. The van der Waals surface area contributed by atoms with Gasteiger partial charge in [-0.3, -0.25) is 4.98 Å². The largest absolute Gasteiger partial charge is 0.396 e. The molecule has 0 radical (unpaired) electrons. The van der Waals surface area contributed by atoms with Crippen LogP contribution in [0.2, 0.25) is 5.02 Å². The zero-order valence-electron chi connectivity index (χ0n) is 13.5. The highest BCUT2D eigenvalue weighted by Crippen LogP contribution is 2.23. The standard InChI is InChI=1S/C18H18ClN5O/c19-14-3-1-4-15(8-14)24-18-9-17(22-12-23-18)13-7-16(11-20-10-13)21-5-2-6-25/h1,3-4,7-12,21,25H,2,5-6H2,(H,22,23,24). The Morgan fingerprint density at radius 3 is 2.80 bits per heavy atom. The highest BCUT2D eigenvalue weighted by Gasteiger charge is 2.05. The molecule has 0 atom stereocenters. The molecule has 2 heterocycles. The van der Waals surface area contributed by atoms with Gasteiger partial charge in [0.2, 0.25) is 0 Å². The first-order valence-corrected chi connectivity index (χ1v) is 8.27. The summed E-state index contributed by atoms with van der Waals surface area (Å²) in [7, 11) is 0. The van der Waals surface area contributed by atoms with Crippen molar-refractivity contribution >= 4 is 28.8 Å². The van der Waals surface area contributed by atoms with Gasteiger partial charge in [-0.15, -0.1) is 0 Å². The molecule has 7 heteroatoms. The minimum atomic E-state index is 0.157. The Balaban J connectivity index is 1.78. The molecule has 0 unspecified atom stereocenters. The maximum Gasteiger partial charge on any atom is 0.134 e. The number of halogens is 1. The van der Waals surface area contributed by atoms with Gasteiger partial charge in [0, 0.05) is 47.9 Å². The van der Waals surface area contributed by atoms with Gasteiger partial charge in [-0.05, 0) is 30.7 Å². The van der Waals surface area contributed by atoms with Crippen molar-refractivity contribution in [3.63, 3.8) is 0 Å². The third-order valence-electron chi connectivity index (χ3n) is 3.46. The van der Waals surface area contributed by atoms with E-state index in [9.17, 15) is 0 Å². The topological polar surface area (TPSA) is 83.0 Å². The second-order valence-electron chi connectivity index (χ2n) is 5.39. The Kier molecular flexibility index (Phi) is 5.77. The zero-order valence-corrected chi connectivity index (χ0v) is 14.2. The molecule has 25 heavy (non-hydrogen) atoms. The van der Waals surface area contributed by atoms with E-state index in [1.807, 2.05) is 36.4 Å². The molecule has 0 saturated carbocycles. The van der Waals surface area contributed by atoms with Crippen molar-refractivity contribution in [2.75, 3.05) is 23.8 Å². The van der Waals surface area contributed by atoms with Crippen molar-refractivity contribution in [1.29, 1.82) is 0 Å². The summed E-state index contributed by atoms with van der Waals surface area (Å²) in [6.07, 6.45) is 5.69. The quantitative estimate of drug-likeness (QED) is 0.560. The number of pyridine rings is 1. The van der Waals surface area contributed by atoms with Crippen molar-refractivity contribution in [3.05, 3.63) is 60.1 Å². The van der Waals surface area contributed by atoms with Gasteiger partial charge >= 0.3 is 0 Å². The molecule has 3 rings (SSSR count). The first-order valence-electron chi connectivity index (χ1n) is 7.89. The molecule has 3 aromatic rings. The number of nitrogens with one attached hydrogen (secondary N) is 2. The highest BCUT2D eigenvalue weighted by atomic mass is 35.5. The average Bonchev–Trinajstić information content (AvgIpc) is 2.63. The van der Waals surface area contributed by atoms with Crippen LogP contribution in [-0.4, -0.2) is 33.2 Å². The summed E-state index contributed by atoms with van der Waals surface area (Å²) in [5.41, 5.74) is 3.38. The summed E-state index contributed by atoms with van der Waals surface area (Å²) >= 11 is 6.00. The Labute approximate surface area is 150 Å². The second kappa shape index (κ2) is 8.41. The monoisotopic (exact) mass is 355 g/mol. The van der Waals surface area contributed by atoms with Crippen LogP contribution in [0.15, 0.2) is 55.1 Å². The van der Waals surface area contributed by atoms with Gasteiger partial charge in [-0.1, -0.05) is 17.7 Å². The fourth-order valence-electron chi connectivity index (χ4n) is 2.29. The maximum atomic E-state index is 8.86. The van der Waals surface area contributed by atoms with Crippen LogP contribution < -0.4 is 10.6 Å². The van der Waals surface area contributed by atoms with Gasteiger partial charge in [0.25, 0.3) is 0 Å². The minimum absolute atomic E-state index is 0.157. The Bertz CT molecular complexity index is 843. The van der Waals surface area contributed by atoms with Crippen LogP contribution in [0.25, 0.3) is 11.3 Å². The Morgan fingerprint density at radius 2 is 1.96 bits per heavy atom.